The normalized spacial score (nSPS) is 23.9. The minimum atomic E-state index is 0.194. The summed E-state index contributed by atoms with van der Waals surface area (Å²) in [4.78, 5) is 12.9. The Hall–Kier alpha value is -1.05. The van der Waals surface area contributed by atoms with Crippen molar-refractivity contribution >= 4 is 5.91 Å². The van der Waals surface area contributed by atoms with Crippen molar-refractivity contribution in [1.29, 1.82) is 0 Å². The van der Waals surface area contributed by atoms with Crippen LogP contribution in [0.1, 0.15) is 12.8 Å². The van der Waals surface area contributed by atoms with Crippen molar-refractivity contribution < 1.29 is 4.79 Å². The van der Waals surface area contributed by atoms with Crippen LogP contribution in [0.5, 0.6) is 0 Å². The fourth-order valence-electron chi connectivity index (χ4n) is 1.19. The predicted molar refractivity (Wildman–Crippen MR) is 45.1 cm³/mol. The topological polar surface area (TPSA) is 20.3 Å². The Morgan fingerprint density at radius 1 is 1.91 bits per heavy atom. The summed E-state index contributed by atoms with van der Waals surface area (Å²) in [6.45, 7) is 3.64. The molecule has 0 N–H and O–H groups in total. The summed E-state index contributed by atoms with van der Waals surface area (Å²) in [6.07, 6.45) is 7.21. The smallest absolute Gasteiger partial charge is 0.226 e. The SMILES string of the molecule is C=CCC1C=CCC(=O)N1C. The minimum Gasteiger partial charge on any atom is -0.339 e. The molecule has 0 fully saturated rings. The molecular formula is C9H13NO. The van der Waals surface area contributed by atoms with Crippen LogP contribution in [0.15, 0.2) is 24.8 Å². The Kier molecular flexibility index (Phi) is 2.47. The van der Waals surface area contributed by atoms with Crippen LogP contribution in [0, 0.1) is 0 Å². The van der Waals surface area contributed by atoms with Gasteiger partial charge < -0.3 is 4.90 Å². The maximum absolute atomic E-state index is 11.1. The summed E-state index contributed by atoms with van der Waals surface area (Å²) < 4.78 is 0. The van der Waals surface area contributed by atoms with Gasteiger partial charge in [0.25, 0.3) is 0 Å². The average Bonchev–Trinajstić information content (AvgIpc) is 1.99. The van der Waals surface area contributed by atoms with Gasteiger partial charge in [0.2, 0.25) is 5.91 Å². The summed E-state index contributed by atoms with van der Waals surface area (Å²) in [6, 6.07) is 0.230. The van der Waals surface area contributed by atoms with Gasteiger partial charge in [-0.15, -0.1) is 6.58 Å². The number of carbonyl (C=O) groups excluding carboxylic acids is 1. The zero-order valence-corrected chi connectivity index (χ0v) is 6.79. The molecule has 60 valence electrons. The monoisotopic (exact) mass is 151 g/mol. The van der Waals surface area contributed by atoms with E-state index in [1.807, 2.05) is 19.2 Å². The van der Waals surface area contributed by atoms with Crippen LogP contribution < -0.4 is 0 Å². The summed E-state index contributed by atoms with van der Waals surface area (Å²) in [5.41, 5.74) is 0. The van der Waals surface area contributed by atoms with Crippen LogP contribution in [0.25, 0.3) is 0 Å². The van der Waals surface area contributed by atoms with Gasteiger partial charge in [0.15, 0.2) is 0 Å². The molecule has 2 heteroatoms. The van der Waals surface area contributed by atoms with E-state index in [4.69, 9.17) is 0 Å². The molecule has 0 radical (unpaired) electrons. The predicted octanol–water partition coefficient (Wildman–Crippen LogP) is 1.35. The second kappa shape index (κ2) is 3.37. The van der Waals surface area contributed by atoms with E-state index in [9.17, 15) is 4.79 Å². The summed E-state index contributed by atoms with van der Waals surface area (Å²) in [5, 5.41) is 0. The van der Waals surface area contributed by atoms with Crippen molar-refractivity contribution in [3.8, 4) is 0 Å². The highest BCUT2D eigenvalue weighted by molar-refractivity contribution is 5.79. The fraction of sp³-hybridized carbons (Fsp3) is 0.444. The Bertz CT molecular complexity index is 196. The van der Waals surface area contributed by atoms with Crippen LogP contribution in [-0.2, 0) is 4.79 Å². The maximum Gasteiger partial charge on any atom is 0.226 e. The van der Waals surface area contributed by atoms with Crippen LogP contribution in [0.4, 0.5) is 0 Å². The third kappa shape index (κ3) is 1.70. The molecule has 1 rings (SSSR count). The van der Waals surface area contributed by atoms with Gasteiger partial charge in [-0.1, -0.05) is 18.2 Å². The molecule has 0 aromatic carbocycles. The first kappa shape index (κ1) is 8.05. The molecule has 0 bridgehead atoms. The molecule has 1 aliphatic heterocycles. The Morgan fingerprint density at radius 2 is 2.64 bits per heavy atom. The molecule has 1 amide bonds. The van der Waals surface area contributed by atoms with E-state index >= 15 is 0 Å². The summed E-state index contributed by atoms with van der Waals surface area (Å²) in [5.74, 6) is 0.194. The largest absolute Gasteiger partial charge is 0.339 e. The second-order valence-corrected chi connectivity index (χ2v) is 2.73. The lowest BCUT2D eigenvalue weighted by atomic mass is 10.1. The average molecular weight is 151 g/mol. The van der Waals surface area contributed by atoms with E-state index in [2.05, 4.69) is 12.7 Å². The number of rotatable bonds is 2. The van der Waals surface area contributed by atoms with Gasteiger partial charge in [0, 0.05) is 13.5 Å². The number of amides is 1. The number of nitrogens with zero attached hydrogens (tertiary/aromatic N) is 1. The highest BCUT2D eigenvalue weighted by Crippen LogP contribution is 2.11. The molecule has 0 aromatic rings. The molecule has 1 aliphatic rings. The fourth-order valence-corrected chi connectivity index (χ4v) is 1.19. The highest BCUT2D eigenvalue weighted by Gasteiger charge is 2.18. The molecule has 1 unspecified atom stereocenters. The summed E-state index contributed by atoms with van der Waals surface area (Å²) >= 11 is 0. The van der Waals surface area contributed by atoms with Crippen LogP contribution in [0.2, 0.25) is 0 Å². The zero-order chi connectivity index (χ0) is 8.27. The molecule has 0 spiro atoms. The quantitative estimate of drug-likeness (QED) is 0.545. The van der Waals surface area contributed by atoms with Crippen molar-refractivity contribution in [3.63, 3.8) is 0 Å². The first-order valence-corrected chi connectivity index (χ1v) is 3.79. The van der Waals surface area contributed by atoms with Gasteiger partial charge in [-0.2, -0.15) is 0 Å². The van der Waals surface area contributed by atoms with E-state index in [-0.39, 0.29) is 11.9 Å². The van der Waals surface area contributed by atoms with Gasteiger partial charge in [0.05, 0.1) is 6.04 Å². The summed E-state index contributed by atoms with van der Waals surface area (Å²) in [7, 11) is 1.83. The molecule has 0 saturated heterocycles. The lowest BCUT2D eigenvalue weighted by Crippen LogP contribution is -2.37. The zero-order valence-electron chi connectivity index (χ0n) is 6.79. The standard InChI is InChI=1S/C9H13NO/c1-3-5-8-6-4-7-9(11)10(8)2/h3-4,6,8H,1,5,7H2,2H3. The lowest BCUT2D eigenvalue weighted by molar-refractivity contribution is -0.130. The number of likely N-dealkylation sites (N-methyl/N-ethyl adjacent to an activating group) is 1. The van der Waals surface area contributed by atoms with E-state index in [0.717, 1.165) is 6.42 Å². The maximum atomic E-state index is 11.1. The Morgan fingerprint density at radius 3 is 3.27 bits per heavy atom. The van der Waals surface area contributed by atoms with Gasteiger partial charge in [-0.25, -0.2) is 0 Å². The molecular weight excluding hydrogens is 138 g/mol. The molecule has 1 heterocycles. The van der Waals surface area contributed by atoms with Gasteiger partial charge in [0.1, 0.15) is 0 Å². The lowest BCUT2D eigenvalue weighted by Gasteiger charge is -2.27. The second-order valence-electron chi connectivity index (χ2n) is 2.73. The highest BCUT2D eigenvalue weighted by atomic mass is 16.2. The minimum absolute atomic E-state index is 0.194. The van der Waals surface area contributed by atoms with Crippen molar-refractivity contribution in [1.82, 2.24) is 4.90 Å². The molecule has 2 nitrogen and oxygen atoms in total. The van der Waals surface area contributed by atoms with E-state index in [1.165, 1.54) is 0 Å². The van der Waals surface area contributed by atoms with Crippen molar-refractivity contribution in [2.24, 2.45) is 0 Å². The third-order valence-electron chi connectivity index (χ3n) is 1.95. The van der Waals surface area contributed by atoms with Gasteiger partial charge >= 0.3 is 0 Å². The van der Waals surface area contributed by atoms with E-state index in [0.29, 0.717) is 6.42 Å². The molecule has 0 saturated carbocycles. The van der Waals surface area contributed by atoms with Gasteiger partial charge in [-0.05, 0) is 6.42 Å². The van der Waals surface area contributed by atoms with Crippen molar-refractivity contribution in [3.05, 3.63) is 24.8 Å². The third-order valence-corrected chi connectivity index (χ3v) is 1.95. The number of hydrogen-bond donors (Lipinski definition) is 0. The van der Waals surface area contributed by atoms with E-state index in [1.54, 1.807) is 4.90 Å². The first-order valence-electron chi connectivity index (χ1n) is 3.79. The van der Waals surface area contributed by atoms with E-state index < -0.39 is 0 Å². The molecule has 1 atom stereocenters. The Balaban J connectivity index is 2.64. The molecule has 11 heavy (non-hydrogen) atoms. The van der Waals surface area contributed by atoms with Crippen LogP contribution in [0.3, 0.4) is 0 Å². The molecule has 0 aromatic heterocycles. The van der Waals surface area contributed by atoms with Crippen LogP contribution in [-0.4, -0.2) is 23.9 Å². The van der Waals surface area contributed by atoms with Crippen molar-refractivity contribution in [2.75, 3.05) is 7.05 Å². The Labute approximate surface area is 67.2 Å². The van der Waals surface area contributed by atoms with Gasteiger partial charge in [-0.3, -0.25) is 4.79 Å². The molecule has 0 aliphatic carbocycles. The van der Waals surface area contributed by atoms with Crippen molar-refractivity contribution in [2.45, 2.75) is 18.9 Å². The number of carbonyl (C=O) groups is 1. The first-order chi connectivity index (χ1) is 5.25. The number of hydrogen-bond acceptors (Lipinski definition) is 1. The van der Waals surface area contributed by atoms with Crippen LogP contribution >= 0.6 is 0 Å².